The van der Waals surface area contributed by atoms with Crippen molar-refractivity contribution in [3.8, 4) is 5.75 Å². The number of hydrogen-bond donors (Lipinski definition) is 1. The summed E-state index contributed by atoms with van der Waals surface area (Å²) in [6, 6.07) is 2.59. The zero-order valence-electron chi connectivity index (χ0n) is 8.09. The number of rotatable bonds is 3. The minimum atomic E-state index is -0.760. The largest absolute Gasteiger partial charge is 0.504 e. The minimum absolute atomic E-state index is 0.0103. The highest BCUT2D eigenvalue weighted by Crippen LogP contribution is 2.28. The van der Waals surface area contributed by atoms with Crippen LogP contribution in [0.5, 0.6) is 5.75 Å². The third kappa shape index (κ3) is 3.20. The molecule has 0 fully saturated rings. The summed E-state index contributed by atoms with van der Waals surface area (Å²) in [5.74, 6) is -1.64. The third-order valence-electron chi connectivity index (χ3n) is 1.73. The standard InChI is InChI=1S/C10H10BrFO3/c1-2-15-9(13)5-6-3-7(11)10(14)8(12)4-6/h3-4,14H,2,5H2,1H3. The van der Waals surface area contributed by atoms with Crippen LogP contribution in [0.15, 0.2) is 16.6 Å². The van der Waals surface area contributed by atoms with Gasteiger partial charge in [0, 0.05) is 0 Å². The van der Waals surface area contributed by atoms with Crippen LogP contribution in [-0.2, 0) is 16.0 Å². The molecule has 0 radical (unpaired) electrons. The highest BCUT2D eigenvalue weighted by Gasteiger charge is 2.10. The summed E-state index contributed by atoms with van der Waals surface area (Å²) in [5.41, 5.74) is 0.454. The zero-order valence-corrected chi connectivity index (χ0v) is 9.67. The summed E-state index contributed by atoms with van der Waals surface area (Å²) in [6.45, 7) is 1.99. The second-order valence-electron chi connectivity index (χ2n) is 2.89. The van der Waals surface area contributed by atoms with E-state index in [0.29, 0.717) is 12.2 Å². The van der Waals surface area contributed by atoms with E-state index in [0.717, 1.165) is 6.07 Å². The van der Waals surface area contributed by atoms with E-state index in [1.807, 2.05) is 0 Å². The van der Waals surface area contributed by atoms with Crippen molar-refractivity contribution in [3.63, 3.8) is 0 Å². The van der Waals surface area contributed by atoms with Gasteiger partial charge in [0.1, 0.15) is 0 Å². The average Bonchev–Trinajstić information content (AvgIpc) is 2.14. The second-order valence-corrected chi connectivity index (χ2v) is 3.74. The van der Waals surface area contributed by atoms with Gasteiger partial charge in [-0.05, 0) is 40.5 Å². The topological polar surface area (TPSA) is 46.5 Å². The SMILES string of the molecule is CCOC(=O)Cc1cc(F)c(O)c(Br)c1. The molecule has 0 aliphatic heterocycles. The molecule has 0 aliphatic carbocycles. The third-order valence-corrected chi connectivity index (χ3v) is 2.33. The summed E-state index contributed by atoms with van der Waals surface area (Å²) >= 11 is 2.98. The first-order valence-corrected chi connectivity index (χ1v) is 5.16. The van der Waals surface area contributed by atoms with Crippen LogP contribution in [0.3, 0.4) is 0 Å². The lowest BCUT2D eigenvalue weighted by Gasteiger charge is -2.04. The van der Waals surface area contributed by atoms with Gasteiger partial charge in [-0.1, -0.05) is 0 Å². The fourth-order valence-corrected chi connectivity index (χ4v) is 1.58. The van der Waals surface area contributed by atoms with Gasteiger partial charge in [-0.3, -0.25) is 4.79 Å². The monoisotopic (exact) mass is 276 g/mol. The van der Waals surface area contributed by atoms with Gasteiger partial charge in [0.25, 0.3) is 0 Å². The van der Waals surface area contributed by atoms with Crippen molar-refractivity contribution in [2.75, 3.05) is 6.61 Å². The van der Waals surface area contributed by atoms with E-state index < -0.39 is 17.5 Å². The van der Waals surface area contributed by atoms with Crippen molar-refractivity contribution >= 4 is 21.9 Å². The van der Waals surface area contributed by atoms with Crippen molar-refractivity contribution in [1.29, 1.82) is 0 Å². The second kappa shape index (κ2) is 5.11. The lowest BCUT2D eigenvalue weighted by Crippen LogP contribution is -2.07. The van der Waals surface area contributed by atoms with Gasteiger partial charge < -0.3 is 9.84 Å². The molecule has 0 heterocycles. The Morgan fingerprint density at radius 1 is 1.60 bits per heavy atom. The number of halogens is 2. The first kappa shape index (κ1) is 12.0. The minimum Gasteiger partial charge on any atom is -0.504 e. The molecule has 1 rings (SSSR count). The van der Waals surface area contributed by atoms with Crippen LogP contribution >= 0.6 is 15.9 Å². The van der Waals surface area contributed by atoms with Crippen molar-refractivity contribution in [1.82, 2.24) is 0 Å². The fraction of sp³-hybridized carbons (Fsp3) is 0.300. The lowest BCUT2D eigenvalue weighted by atomic mass is 10.1. The van der Waals surface area contributed by atoms with E-state index in [1.165, 1.54) is 6.07 Å². The number of carbonyl (C=O) groups is 1. The Hall–Kier alpha value is -1.10. The molecule has 0 bridgehead atoms. The number of phenols is 1. The van der Waals surface area contributed by atoms with E-state index in [2.05, 4.69) is 15.9 Å². The fourth-order valence-electron chi connectivity index (χ4n) is 1.10. The first-order valence-electron chi connectivity index (χ1n) is 4.37. The van der Waals surface area contributed by atoms with E-state index in [4.69, 9.17) is 9.84 Å². The average molecular weight is 277 g/mol. The van der Waals surface area contributed by atoms with Crippen LogP contribution in [0.4, 0.5) is 4.39 Å². The molecule has 3 nitrogen and oxygen atoms in total. The molecule has 0 aromatic heterocycles. The number of aromatic hydroxyl groups is 1. The van der Waals surface area contributed by atoms with Gasteiger partial charge in [-0.15, -0.1) is 0 Å². The van der Waals surface area contributed by atoms with E-state index in [1.54, 1.807) is 6.92 Å². The van der Waals surface area contributed by atoms with Gasteiger partial charge in [0.15, 0.2) is 11.6 Å². The van der Waals surface area contributed by atoms with Crippen LogP contribution in [0.1, 0.15) is 12.5 Å². The maximum atomic E-state index is 13.0. The molecular formula is C10H10BrFO3. The Balaban J connectivity index is 2.83. The number of ether oxygens (including phenoxy) is 1. The quantitative estimate of drug-likeness (QED) is 0.863. The highest BCUT2D eigenvalue weighted by molar-refractivity contribution is 9.10. The lowest BCUT2D eigenvalue weighted by molar-refractivity contribution is -0.142. The van der Waals surface area contributed by atoms with Gasteiger partial charge in [0.05, 0.1) is 17.5 Å². The maximum absolute atomic E-state index is 13.0. The number of hydrogen-bond acceptors (Lipinski definition) is 3. The van der Waals surface area contributed by atoms with Crippen molar-refractivity contribution < 1.29 is 19.0 Å². The molecule has 0 saturated carbocycles. The molecule has 0 atom stereocenters. The Morgan fingerprint density at radius 3 is 2.80 bits per heavy atom. The van der Waals surface area contributed by atoms with E-state index in [9.17, 15) is 9.18 Å². The molecule has 1 aromatic carbocycles. The molecule has 0 saturated heterocycles. The Bertz CT molecular complexity index is 356. The first-order chi connectivity index (χ1) is 7.04. The number of carbonyl (C=O) groups excluding carboxylic acids is 1. The maximum Gasteiger partial charge on any atom is 0.310 e. The molecule has 82 valence electrons. The van der Waals surface area contributed by atoms with Crippen molar-refractivity contribution in [2.24, 2.45) is 0 Å². The molecule has 0 amide bonds. The van der Waals surface area contributed by atoms with E-state index >= 15 is 0 Å². The molecule has 0 unspecified atom stereocenters. The van der Waals surface area contributed by atoms with Crippen LogP contribution in [0, 0.1) is 5.82 Å². The summed E-state index contributed by atoms with van der Waals surface area (Å²) in [7, 11) is 0. The predicted octanol–water partition coefficient (Wildman–Crippen LogP) is 2.40. The van der Waals surface area contributed by atoms with Gasteiger partial charge in [-0.25, -0.2) is 4.39 Å². The summed E-state index contributed by atoms with van der Waals surface area (Å²) in [6.07, 6.45) is -0.0103. The van der Waals surface area contributed by atoms with Gasteiger partial charge in [0.2, 0.25) is 0 Å². The molecule has 1 N–H and O–H groups in total. The molecule has 15 heavy (non-hydrogen) atoms. The molecule has 0 spiro atoms. The van der Waals surface area contributed by atoms with E-state index in [-0.39, 0.29) is 10.9 Å². The van der Waals surface area contributed by atoms with Crippen molar-refractivity contribution in [2.45, 2.75) is 13.3 Å². The van der Waals surface area contributed by atoms with Gasteiger partial charge >= 0.3 is 5.97 Å². The number of esters is 1. The van der Waals surface area contributed by atoms with Crippen LogP contribution < -0.4 is 0 Å². The normalized spacial score (nSPS) is 10.1. The Morgan fingerprint density at radius 2 is 2.27 bits per heavy atom. The summed E-state index contributed by atoms with van der Waals surface area (Å²) in [4.78, 5) is 11.1. The molecule has 0 aliphatic rings. The van der Waals surface area contributed by atoms with Crippen molar-refractivity contribution in [3.05, 3.63) is 28.0 Å². The molecule has 1 aromatic rings. The number of phenolic OH excluding ortho intramolecular Hbond substituents is 1. The summed E-state index contributed by atoms with van der Waals surface area (Å²) in [5, 5.41) is 9.13. The smallest absolute Gasteiger partial charge is 0.310 e. The van der Waals surface area contributed by atoms with Crippen LogP contribution in [0.2, 0.25) is 0 Å². The van der Waals surface area contributed by atoms with Gasteiger partial charge in [-0.2, -0.15) is 0 Å². The predicted molar refractivity (Wildman–Crippen MR) is 56.1 cm³/mol. The Labute approximate surface area is 95.0 Å². The zero-order chi connectivity index (χ0) is 11.4. The molecule has 5 heteroatoms. The number of benzene rings is 1. The molecular weight excluding hydrogens is 267 g/mol. The summed E-state index contributed by atoms with van der Waals surface area (Å²) < 4.78 is 18.0. The Kier molecular flexibility index (Phi) is 4.08. The van der Waals surface area contributed by atoms with Crippen LogP contribution in [0.25, 0.3) is 0 Å². The van der Waals surface area contributed by atoms with Crippen LogP contribution in [-0.4, -0.2) is 17.7 Å². The highest BCUT2D eigenvalue weighted by atomic mass is 79.9.